The van der Waals surface area contributed by atoms with Crippen LogP contribution in [0, 0.1) is 11.3 Å². The van der Waals surface area contributed by atoms with Gasteiger partial charge in [0.15, 0.2) is 5.65 Å². The molecule has 230 valence electrons. The highest BCUT2D eigenvalue weighted by atomic mass is 19.4. The van der Waals surface area contributed by atoms with E-state index in [2.05, 4.69) is 31.8 Å². The van der Waals surface area contributed by atoms with E-state index in [1.165, 1.54) is 6.20 Å². The SMILES string of the molecule is N#CCC1(N=C/C(=C\N)c2cnn3c(-c4cccc(NC(=O)NCC(F)(F)F)c4)cnc3c2)CN(C(=O)Nc2ccccc2)C1. The van der Waals surface area contributed by atoms with Crippen molar-refractivity contribution in [3.8, 4) is 17.3 Å². The monoisotopic (exact) mass is 616 g/mol. The second kappa shape index (κ2) is 12.8. The number of halogens is 3. The largest absolute Gasteiger partial charge is 0.405 e. The normalized spacial score (nSPS) is 14.5. The van der Waals surface area contributed by atoms with E-state index >= 15 is 0 Å². The first-order valence-electron chi connectivity index (χ1n) is 13.6. The van der Waals surface area contributed by atoms with Crippen molar-refractivity contribution in [2.75, 3.05) is 30.3 Å². The molecule has 5 rings (SSSR count). The van der Waals surface area contributed by atoms with E-state index in [9.17, 15) is 28.0 Å². The fourth-order valence-corrected chi connectivity index (χ4v) is 4.68. The molecule has 1 saturated heterocycles. The third kappa shape index (κ3) is 7.36. The molecule has 5 N–H and O–H groups in total. The number of benzene rings is 2. The number of nitrogens with one attached hydrogen (secondary N) is 3. The van der Waals surface area contributed by atoms with Crippen LogP contribution in [0.3, 0.4) is 0 Å². The number of hydrogen-bond acceptors (Lipinski definition) is 7. The van der Waals surface area contributed by atoms with Crippen LogP contribution >= 0.6 is 0 Å². The maximum Gasteiger partial charge on any atom is 0.405 e. The van der Waals surface area contributed by atoms with Crippen LogP contribution in [0.2, 0.25) is 0 Å². The summed E-state index contributed by atoms with van der Waals surface area (Å²) in [5.41, 5.74) is 8.86. The number of amides is 4. The lowest BCUT2D eigenvalue weighted by atomic mass is 9.87. The zero-order chi connectivity index (χ0) is 32.0. The molecule has 0 spiro atoms. The minimum absolute atomic E-state index is 0.106. The molecule has 1 aliphatic rings. The number of carbonyl (C=O) groups excluding carboxylic acids is 2. The van der Waals surface area contributed by atoms with E-state index in [1.807, 2.05) is 18.2 Å². The van der Waals surface area contributed by atoms with E-state index in [0.29, 0.717) is 33.7 Å². The molecule has 0 aliphatic carbocycles. The zero-order valence-corrected chi connectivity index (χ0v) is 23.6. The van der Waals surface area contributed by atoms with Gasteiger partial charge < -0.3 is 26.6 Å². The number of alkyl halides is 3. The number of fused-ring (bicyclic) bond motifs is 1. The van der Waals surface area contributed by atoms with Gasteiger partial charge in [-0.05, 0) is 30.3 Å². The van der Waals surface area contributed by atoms with Crippen LogP contribution in [0.4, 0.5) is 34.1 Å². The minimum Gasteiger partial charge on any atom is -0.404 e. The number of aliphatic imine (C=N–C) groups is 1. The molecule has 4 aromatic rings. The zero-order valence-electron chi connectivity index (χ0n) is 23.6. The Hall–Kier alpha value is -5.91. The predicted molar refractivity (Wildman–Crippen MR) is 162 cm³/mol. The van der Waals surface area contributed by atoms with Crippen molar-refractivity contribution in [2.24, 2.45) is 10.7 Å². The maximum absolute atomic E-state index is 12.6. The van der Waals surface area contributed by atoms with Gasteiger partial charge in [-0.15, -0.1) is 0 Å². The molecule has 4 amide bonds. The molecule has 0 saturated carbocycles. The minimum atomic E-state index is -4.53. The number of imidazole rings is 1. The number of allylic oxidation sites excluding steroid dienone is 1. The molecule has 45 heavy (non-hydrogen) atoms. The van der Waals surface area contributed by atoms with Gasteiger partial charge in [-0.25, -0.2) is 19.1 Å². The first-order valence-corrected chi connectivity index (χ1v) is 13.6. The van der Waals surface area contributed by atoms with Crippen LogP contribution in [-0.2, 0) is 0 Å². The van der Waals surface area contributed by atoms with E-state index in [4.69, 9.17) is 5.73 Å². The number of para-hydroxylation sites is 1. The topological polar surface area (TPSA) is 166 Å². The van der Waals surface area contributed by atoms with Crippen LogP contribution in [-0.4, -0.2) is 69.1 Å². The number of urea groups is 2. The summed E-state index contributed by atoms with van der Waals surface area (Å²) in [6, 6.07) is 18.2. The fraction of sp³-hybridized carbons (Fsp3) is 0.200. The van der Waals surface area contributed by atoms with E-state index in [-0.39, 0.29) is 31.2 Å². The third-order valence-electron chi connectivity index (χ3n) is 6.91. The van der Waals surface area contributed by atoms with Crippen molar-refractivity contribution < 1.29 is 22.8 Å². The summed E-state index contributed by atoms with van der Waals surface area (Å²) >= 11 is 0. The number of aromatic nitrogens is 3. The Bertz CT molecular complexity index is 1810. The van der Waals surface area contributed by atoms with Crippen molar-refractivity contribution in [1.29, 1.82) is 5.26 Å². The second-order valence-electron chi connectivity index (χ2n) is 10.3. The van der Waals surface area contributed by atoms with E-state index in [0.717, 1.165) is 0 Å². The van der Waals surface area contributed by atoms with Gasteiger partial charge in [-0.3, -0.25) is 4.99 Å². The lowest BCUT2D eigenvalue weighted by Gasteiger charge is -2.46. The Morgan fingerprint density at radius 2 is 1.82 bits per heavy atom. The Morgan fingerprint density at radius 3 is 2.53 bits per heavy atom. The van der Waals surface area contributed by atoms with Crippen LogP contribution in [0.15, 0.2) is 84.2 Å². The van der Waals surface area contributed by atoms with E-state index in [1.54, 1.807) is 75.8 Å². The number of nitriles is 1. The molecule has 2 aromatic heterocycles. The highest BCUT2D eigenvalue weighted by Crippen LogP contribution is 2.30. The van der Waals surface area contributed by atoms with E-state index < -0.39 is 24.3 Å². The highest BCUT2D eigenvalue weighted by molar-refractivity contribution is 6.10. The average molecular weight is 617 g/mol. The fourth-order valence-electron chi connectivity index (χ4n) is 4.68. The summed E-state index contributed by atoms with van der Waals surface area (Å²) in [5.74, 6) is 0. The van der Waals surface area contributed by atoms with Gasteiger partial charge in [0.1, 0.15) is 12.1 Å². The molecule has 15 heteroatoms. The molecular weight excluding hydrogens is 589 g/mol. The highest BCUT2D eigenvalue weighted by Gasteiger charge is 2.45. The third-order valence-corrected chi connectivity index (χ3v) is 6.91. The van der Waals surface area contributed by atoms with Crippen molar-refractivity contribution in [3.63, 3.8) is 0 Å². The lowest BCUT2D eigenvalue weighted by Crippen LogP contribution is -2.63. The van der Waals surface area contributed by atoms with Gasteiger partial charge in [0.2, 0.25) is 0 Å². The van der Waals surface area contributed by atoms with Gasteiger partial charge in [0.25, 0.3) is 0 Å². The molecule has 0 bridgehead atoms. The number of rotatable bonds is 8. The molecule has 2 aromatic carbocycles. The number of carbonyl (C=O) groups is 2. The Morgan fingerprint density at radius 1 is 1.07 bits per heavy atom. The summed E-state index contributed by atoms with van der Waals surface area (Å²) in [6.07, 6.45) is 1.63. The van der Waals surface area contributed by atoms with Crippen molar-refractivity contribution in [2.45, 2.75) is 18.1 Å². The first kappa shape index (κ1) is 30.5. The standard InChI is InChI=1S/C30H27F3N10O2/c31-30(32,33)17-37-27(44)40-24-8-4-5-20(11-24)25-16-36-26-12-21(15-39-43(25)26)22(13-35)14-38-29(9-10-34)18-42(19-29)28(45)41-23-6-2-1-3-7-23/h1-8,11-16H,9,17-19,35H2,(H,41,45)(H2,37,40,44)/b22-13+,38-14?. The predicted octanol–water partition coefficient (Wildman–Crippen LogP) is 4.65. The molecule has 12 nitrogen and oxygen atoms in total. The lowest BCUT2D eigenvalue weighted by molar-refractivity contribution is -0.122. The van der Waals surface area contributed by atoms with Gasteiger partial charge in [-0.1, -0.05) is 30.3 Å². The van der Waals surface area contributed by atoms with Gasteiger partial charge in [0.05, 0.1) is 43.7 Å². The summed E-state index contributed by atoms with van der Waals surface area (Å²) in [7, 11) is 0. The van der Waals surface area contributed by atoms with Crippen LogP contribution in [0.25, 0.3) is 22.5 Å². The first-order chi connectivity index (χ1) is 21.6. The second-order valence-corrected chi connectivity index (χ2v) is 10.3. The maximum atomic E-state index is 12.6. The van der Waals surface area contributed by atoms with Crippen LogP contribution in [0.5, 0.6) is 0 Å². The average Bonchev–Trinajstić information content (AvgIpc) is 3.42. The molecule has 0 radical (unpaired) electrons. The summed E-state index contributed by atoms with van der Waals surface area (Å²) in [5, 5.41) is 20.9. The summed E-state index contributed by atoms with van der Waals surface area (Å²) in [4.78, 5) is 35.2. The number of anilines is 2. The number of likely N-dealkylation sites (tertiary alicyclic amines) is 1. The number of nitrogens with zero attached hydrogens (tertiary/aromatic N) is 6. The molecule has 0 unspecified atom stereocenters. The Balaban J connectivity index is 1.28. The van der Waals surface area contributed by atoms with Crippen molar-refractivity contribution in [3.05, 3.63) is 84.8 Å². The summed E-state index contributed by atoms with van der Waals surface area (Å²) in [6.45, 7) is -0.940. The Labute approximate surface area is 255 Å². The van der Waals surface area contributed by atoms with Crippen molar-refractivity contribution in [1.82, 2.24) is 24.8 Å². The van der Waals surface area contributed by atoms with Crippen molar-refractivity contribution >= 4 is 40.9 Å². The molecule has 1 fully saturated rings. The summed E-state index contributed by atoms with van der Waals surface area (Å²) < 4.78 is 38.8. The smallest absolute Gasteiger partial charge is 0.404 e. The van der Waals surface area contributed by atoms with Gasteiger partial charge in [-0.2, -0.15) is 23.5 Å². The molecular formula is C30H27F3N10O2. The van der Waals surface area contributed by atoms with Gasteiger partial charge in [0, 0.05) is 40.5 Å². The molecule has 1 aliphatic heterocycles. The van der Waals surface area contributed by atoms with Gasteiger partial charge >= 0.3 is 18.2 Å². The van der Waals surface area contributed by atoms with Crippen LogP contribution in [0.1, 0.15) is 12.0 Å². The Kier molecular flexibility index (Phi) is 8.66. The van der Waals surface area contributed by atoms with Crippen LogP contribution < -0.4 is 21.7 Å². The molecule has 0 atom stereocenters. The molecule has 3 heterocycles. The number of hydrogen-bond donors (Lipinski definition) is 4. The quantitative estimate of drug-likeness (QED) is 0.210. The number of nitrogens with two attached hydrogens (primary N) is 1.